The predicted octanol–water partition coefficient (Wildman–Crippen LogP) is 2.69. The standard InChI is InChI=1S/C17H22N2O/c1-14-7-9-18(10-8-14)12-15-11-17(20)19(13-15)16-5-3-2-4-6-16/h2-7,15H,8-13H2,1H3. The highest BCUT2D eigenvalue weighted by molar-refractivity contribution is 5.95. The van der Waals surface area contributed by atoms with Crippen LogP contribution < -0.4 is 4.90 Å². The van der Waals surface area contributed by atoms with Gasteiger partial charge in [-0.1, -0.05) is 29.8 Å². The number of para-hydroxylation sites is 1. The molecule has 1 saturated heterocycles. The van der Waals surface area contributed by atoms with Crippen LogP contribution in [-0.4, -0.2) is 37.0 Å². The Labute approximate surface area is 120 Å². The maximum atomic E-state index is 12.2. The molecule has 1 fully saturated rings. The van der Waals surface area contributed by atoms with E-state index in [4.69, 9.17) is 0 Å². The van der Waals surface area contributed by atoms with Crippen LogP contribution in [0.2, 0.25) is 0 Å². The number of nitrogens with zero attached hydrogens (tertiary/aromatic N) is 2. The summed E-state index contributed by atoms with van der Waals surface area (Å²) in [6.45, 7) is 6.29. The minimum atomic E-state index is 0.268. The number of hydrogen-bond acceptors (Lipinski definition) is 2. The second-order valence-electron chi connectivity index (χ2n) is 5.97. The molecule has 0 spiro atoms. The minimum absolute atomic E-state index is 0.268. The van der Waals surface area contributed by atoms with Gasteiger partial charge in [0.2, 0.25) is 5.91 Å². The van der Waals surface area contributed by atoms with Gasteiger partial charge in [0.25, 0.3) is 0 Å². The fraction of sp³-hybridized carbons (Fsp3) is 0.471. The van der Waals surface area contributed by atoms with Crippen molar-refractivity contribution in [2.45, 2.75) is 19.8 Å². The lowest BCUT2D eigenvalue weighted by molar-refractivity contribution is -0.117. The van der Waals surface area contributed by atoms with Crippen LogP contribution >= 0.6 is 0 Å². The van der Waals surface area contributed by atoms with E-state index in [1.165, 1.54) is 12.0 Å². The van der Waals surface area contributed by atoms with Crippen molar-refractivity contribution in [1.82, 2.24) is 4.90 Å². The van der Waals surface area contributed by atoms with Crippen LogP contribution in [0.1, 0.15) is 19.8 Å². The second-order valence-corrected chi connectivity index (χ2v) is 5.97. The van der Waals surface area contributed by atoms with E-state index in [0.29, 0.717) is 12.3 Å². The largest absolute Gasteiger partial charge is 0.312 e. The molecule has 0 radical (unpaired) electrons. The van der Waals surface area contributed by atoms with E-state index in [1.807, 2.05) is 35.2 Å². The van der Waals surface area contributed by atoms with Crippen molar-refractivity contribution >= 4 is 11.6 Å². The maximum absolute atomic E-state index is 12.2. The molecule has 106 valence electrons. The van der Waals surface area contributed by atoms with Crippen LogP contribution in [-0.2, 0) is 4.79 Å². The molecule has 0 aliphatic carbocycles. The zero-order valence-corrected chi connectivity index (χ0v) is 12.1. The van der Waals surface area contributed by atoms with Gasteiger partial charge < -0.3 is 4.90 Å². The Morgan fingerprint density at radius 2 is 2.05 bits per heavy atom. The van der Waals surface area contributed by atoms with Crippen LogP contribution in [0.4, 0.5) is 5.69 Å². The van der Waals surface area contributed by atoms with Crippen LogP contribution in [0, 0.1) is 5.92 Å². The Morgan fingerprint density at radius 3 is 2.75 bits per heavy atom. The first-order chi connectivity index (χ1) is 9.72. The van der Waals surface area contributed by atoms with Gasteiger partial charge in [-0.2, -0.15) is 0 Å². The molecule has 20 heavy (non-hydrogen) atoms. The third-order valence-electron chi connectivity index (χ3n) is 4.31. The molecule has 3 rings (SSSR count). The Morgan fingerprint density at radius 1 is 1.25 bits per heavy atom. The highest BCUT2D eigenvalue weighted by Gasteiger charge is 2.31. The van der Waals surface area contributed by atoms with Crippen molar-refractivity contribution < 1.29 is 4.79 Å². The molecule has 1 amide bonds. The summed E-state index contributed by atoms with van der Waals surface area (Å²) in [4.78, 5) is 16.6. The summed E-state index contributed by atoms with van der Waals surface area (Å²) in [6.07, 6.45) is 4.17. The highest BCUT2D eigenvalue weighted by Crippen LogP contribution is 2.26. The van der Waals surface area contributed by atoms with Crippen molar-refractivity contribution in [3.63, 3.8) is 0 Å². The SMILES string of the molecule is CC1=CCN(CC2CC(=O)N(c3ccccc3)C2)CC1. The van der Waals surface area contributed by atoms with Gasteiger partial charge in [0.05, 0.1) is 0 Å². The van der Waals surface area contributed by atoms with Crippen LogP contribution in [0.25, 0.3) is 0 Å². The summed E-state index contributed by atoms with van der Waals surface area (Å²) >= 11 is 0. The molecular weight excluding hydrogens is 248 g/mol. The van der Waals surface area contributed by atoms with E-state index in [-0.39, 0.29) is 5.91 Å². The number of carbonyl (C=O) groups is 1. The molecular formula is C17H22N2O. The molecule has 0 aromatic heterocycles. The van der Waals surface area contributed by atoms with Gasteiger partial charge in [-0.3, -0.25) is 9.69 Å². The summed E-state index contributed by atoms with van der Waals surface area (Å²) in [6, 6.07) is 10.0. The van der Waals surface area contributed by atoms with E-state index in [0.717, 1.165) is 31.9 Å². The number of hydrogen-bond donors (Lipinski definition) is 0. The van der Waals surface area contributed by atoms with Gasteiger partial charge in [-0.25, -0.2) is 0 Å². The number of benzene rings is 1. The summed E-state index contributed by atoms with van der Waals surface area (Å²) in [5.74, 6) is 0.736. The minimum Gasteiger partial charge on any atom is -0.312 e. The van der Waals surface area contributed by atoms with Gasteiger partial charge in [-0.15, -0.1) is 0 Å². The average Bonchev–Trinajstić information content (AvgIpc) is 2.83. The van der Waals surface area contributed by atoms with Crippen LogP contribution in [0.15, 0.2) is 42.0 Å². The van der Waals surface area contributed by atoms with E-state index in [1.54, 1.807) is 0 Å². The first kappa shape index (κ1) is 13.4. The van der Waals surface area contributed by atoms with Crippen molar-refractivity contribution in [1.29, 1.82) is 0 Å². The molecule has 2 aliphatic heterocycles. The third-order valence-corrected chi connectivity index (χ3v) is 4.31. The van der Waals surface area contributed by atoms with Crippen molar-refractivity contribution in [3.8, 4) is 0 Å². The van der Waals surface area contributed by atoms with Crippen molar-refractivity contribution in [2.24, 2.45) is 5.92 Å². The first-order valence-corrected chi connectivity index (χ1v) is 7.46. The molecule has 2 aliphatic rings. The zero-order valence-electron chi connectivity index (χ0n) is 12.1. The Hall–Kier alpha value is -1.61. The summed E-state index contributed by atoms with van der Waals surface area (Å²) in [7, 11) is 0. The second kappa shape index (κ2) is 5.80. The summed E-state index contributed by atoms with van der Waals surface area (Å²) < 4.78 is 0. The van der Waals surface area contributed by atoms with Crippen LogP contribution in [0.3, 0.4) is 0 Å². The normalized spacial score (nSPS) is 24.1. The van der Waals surface area contributed by atoms with Gasteiger partial charge in [0.1, 0.15) is 0 Å². The van der Waals surface area contributed by atoms with E-state index in [2.05, 4.69) is 17.9 Å². The molecule has 0 bridgehead atoms. The Bertz CT molecular complexity index is 509. The number of carbonyl (C=O) groups excluding carboxylic acids is 1. The van der Waals surface area contributed by atoms with Crippen LogP contribution in [0.5, 0.6) is 0 Å². The lowest BCUT2D eigenvalue weighted by Crippen LogP contribution is -2.34. The van der Waals surface area contributed by atoms with E-state index in [9.17, 15) is 4.79 Å². The topological polar surface area (TPSA) is 23.6 Å². The smallest absolute Gasteiger partial charge is 0.227 e. The average molecular weight is 270 g/mol. The summed E-state index contributed by atoms with van der Waals surface area (Å²) in [5, 5.41) is 0. The van der Waals surface area contributed by atoms with E-state index >= 15 is 0 Å². The van der Waals surface area contributed by atoms with Crippen molar-refractivity contribution in [3.05, 3.63) is 42.0 Å². The molecule has 2 heterocycles. The first-order valence-electron chi connectivity index (χ1n) is 7.46. The molecule has 1 unspecified atom stereocenters. The third kappa shape index (κ3) is 2.93. The maximum Gasteiger partial charge on any atom is 0.227 e. The zero-order chi connectivity index (χ0) is 13.9. The number of rotatable bonds is 3. The molecule has 3 heteroatoms. The fourth-order valence-electron chi connectivity index (χ4n) is 3.11. The van der Waals surface area contributed by atoms with Gasteiger partial charge in [0, 0.05) is 38.3 Å². The predicted molar refractivity (Wildman–Crippen MR) is 81.7 cm³/mol. The molecule has 3 nitrogen and oxygen atoms in total. The molecule has 1 aromatic carbocycles. The number of anilines is 1. The highest BCUT2D eigenvalue weighted by atomic mass is 16.2. The monoisotopic (exact) mass is 270 g/mol. The lowest BCUT2D eigenvalue weighted by Gasteiger charge is -2.27. The summed E-state index contributed by atoms with van der Waals surface area (Å²) in [5.41, 5.74) is 2.53. The molecule has 1 atom stereocenters. The molecule has 0 saturated carbocycles. The Kier molecular flexibility index (Phi) is 3.88. The quantitative estimate of drug-likeness (QED) is 0.788. The van der Waals surface area contributed by atoms with Gasteiger partial charge in [-0.05, 0) is 31.4 Å². The molecule has 0 N–H and O–H groups in total. The van der Waals surface area contributed by atoms with E-state index < -0.39 is 0 Å². The lowest BCUT2D eigenvalue weighted by atomic mass is 10.1. The van der Waals surface area contributed by atoms with Gasteiger partial charge in [0.15, 0.2) is 0 Å². The van der Waals surface area contributed by atoms with Crippen molar-refractivity contribution in [2.75, 3.05) is 31.1 Å². The Balaban J connectivity index is 1.60. The van der Waals surface area contributed by atoms with Gasteiger partial charge >= 0.3 is 0 Å². The number of amides is 1. The molecule has 1 aromatic rings. The fourth-order valence-corrected chi connectivity index (χ4v) is 3.11.